The average molecular weight is 314 g/mol. The maximum atomic E-state index is 4.34. The molecule has 0 aliphatic heterocycles. The van der Waals surface area contributed by atoms with E-state index in [0.29, 0.717) is 6.04 Å². The van der Waals surface area contributed by atoms with E-state index in [1.807, 2.05) is 18.7 Å². The van der Waals surface area contributed by atoms with Crippen molar-refractivity contribution in [2.24, 2.45) is 7.05 Å². The highest BCUT2D eigenvalue weighted by Crippen LogP contribution is 2.28. The van der Waals surface area contributed by atoms with Gasteiger partial charge in [-0.25, -0.2) is 0 Å². The molecular formula is C12H16BrN3S. The van der Waals surface area contributed by atoms with Gasteiger partial charge in [0.1, 0.15) is 0 Å². The summed E-state index contributed by atoms with van der Waals surface area (Å²) in [7, 11) is 1.95. The number of halogens is 1. The van der Waals surface area contributed by atoms with Crippen LogP contribution in [-0.2, 0) is 13.6 Å². The Morgan fingerprint density at radius 1 is 1.59 bits per heavy atom. The third kappa shape index (κ3) is 2.97. The number of hydrogen-bond acceptors (Lipinski definition) is 3. The zero-order valence-corrected chi connectivity index (χ0v) is 12.6. The van der Waals surface area contributed by atoms with E-state index >= 15 is 0 Å². The van der Waals surface area contributed by atoms with E-state index in [9.17, 15) is 0 Å². The number of hydrogen-bond donors (Lipinski definition) is 1. The fourth-order valence-electron chi connectivity index (χ4n) is 1.79. The Morgan fingerprint density at radius 2 is 2.35 bits per heavy atom. The highest BCUT2D eigenvalue weighted by Gasteiger charge is 2.11. The second kappa shape index (κ2) is 5.33. The minimum atomic E-state index is 0.351. The molecule has 0 aromatic carbocycles. The second-order valence-corrected chi connectivity index (χ2v) is 5.95. The molecule has 2 aromatic rings. The van der Waals surface area contributed by atoms with Crippen molar-refractivity contribution in [2.45, 2.75) is 26.4 Å². The topological polar surface area (TPSA) is 29.9 Å². The van der Waals surface area contributed by atoms with Gasteiger partial charge in [0.05, 0.1) is 5.69 Å². The van der Waals surface area contributed by atoms with Gasteiger partial charge in [0.15, 0.2) is 0 Å². The third-order valence-electron chi connectivity index (χ3n) is 2.75. The monoisotopic (exact) mass is 313 g/mol. The Hall–Kier alpha value is -0.650. The lowest BCUT2D eigenvalue weighted by molar-refractivity contribution is 0.580. The fourth-order valence-corrected chi connectivity index (χ4v) is 3.54. The van der Waals surface area contributed by atoms with E-state index < -0.39 is 0 Å². The molecule has 0 bridgehead atoms. The van der Waals surface area contributed by atoms with Crippen LogP contribution in [0.5, 0.6) is 0 Å². The predicted octanol–water partition coefficient (Wildman–Crippen LogP) is 3.40. The molecule has 0 spiro atoms. The molecule has 0 saturated carbocycles. The van der Waals surface area contributed by atoms with Gasteiger partial charge in [-0.1, -0.05) is 0 Å². The van der Waals surface area contributed by atoms with Gasteiger partial charge in [-0.3, -0.25) is 4.68 Å². The zero-order valence-electron chi connectivity index (χ0n) is 10.2. The SMILES string of the molecule is Cc1nn(C)cc1CNC(C)c1sccc1Br. The van der Waals surface area contributed by atoms with Crippen molar-refractivity contribution in [2.75, 3.05) is 0 Å². The van der Waals surface area contributed by atoms with E-state index in [1.165, 1.54) is 14.9 Å². The van der Waals surface area contributed by atoms with Crippen molar-refractivity contribution in [1.82, 2.24) is 15.1 Å². The number of aryl methyl sites for hydroxylation is 2. The first kappa shape index (κ1) is 12.8. The van der Waals surface area contributed by atoms with Crippen LogP contribution >= 0.6 is 27.3 Å². The Bertz CT molecular complexity index is 504. The summed E-state index contributed by atoms with van der Waals surface area (Å²) >= 11 is 5.34. The van der Waals surface area contributed by atoms with Crippen LogP contribution < -0.4 is 5.32 Å². The maximum absolute atomic E-state index is 4.34. The van der Waals surface area contributed by atoms with Gasteiger partial charge in [0, 0.05) is 40.7 Å². The molecule has 1 unspecified atom stereocenters. The molecule has 2 rings (SSSR count). The van der Waals surface area contributed by atoms with Crippen molar-refractivity contribution in [1.29, 1.82) is 0 Å². The van der Waals surface area contributed by atoms with Crippen molar-refractivity contribution in [3.8, 4) is 0 Å². The number of nitrogens with one attached hydrogen (secondary N) is 1. The molecule has 2 aromatic heterocycles. The van der Waals surface area contributed by atoms with Crippen LogP contribution in [-0.4, -0.2) is 9.78 Å². The molecule has 0 aliphatic carbocycles. The van der Waals surface area contributed by atoms with E-state index in [4.69, 9.17) is 0 Å². The normalized spacial score (nSPS) is 12.9. The standard InChI is InChI=1S/C12H16BrN3S/c1-8-10(7-16(3)15-8)6-14-9(2)12-11(13)4-5-17-12/h4-5,7,9,14H,6H2,1-3H3. The zero-order chi connectivity index (χ0) is 12.4. The summed E-state index contributed by atoms with van der Waals surface area (Å²) < 4.78 is 3.04. The van der Waals surface area contributed by atoms with Crippen LogP contribution in [0.4, 0.5) is 0 Å². The molecule has 1 N–H and O–H groups in total. The molecule has 1 atom stereocenters. The lowest BCUT2D eigenvalue weighted by Crippen LogP contribution is -2.17. The summed E-state index contributed by atoms with van der Waals surface area (Å²) in [4.78, 5) is 1.34. The Balaban J connectivity index is 1.99. The van der Waals surface area contributed by atoms with Crippen molar-refractivity contribution in [3.63, 3.8) is 0 Å². The van der Waals surface area contributed by atoms with Crippen molar-refractivity contribution >= 4 is 27.3 Å². The highest BCUT2D eigenvalue weighted by atomic mass is 79.9. The molecule has 5 heteroatoms. The molecule has 17 heavy (non-hydrogen) atoms. The van der Waals surface area contributed by atoms with Crippen LogP contribution in [0.2, 0.25) is 0 Å². The minimum absolute atomic E-state index is 0.351. The van der Waals surface area contributed by atoms with E-state index in [1.54, 1.807) is 11.3 Å². The number of rotatable bonds is 4. The molecule has 0 amide bonds. The highest BCUT2D eigenvalue weighted by molar-refractivity contribution is 9.10. The largest absolute Gasteiger partial charge is 0.305 e. The first-order valence-corrected chi connectivity index (χ1v) is 7.20. The number of aromatic nitrogens is 2. The smallest absolute Gasteiger partial charge is 0.0638 e. The van der Waals surface area contributed by atoms with Crippen LogP contribution in [0.1, 0.15) is 29.1 Å². The summed E-state index contributed by atoms with van der Waals surface area (Å²) in [5.74, 6) is 0. The summed E-state index contributed by atoms with van der Waals surface area (Å²) in [6.07, 6.45) is 2.07. The maximum Gasteiger partial charge on any atom is 0.0638 e. The predicted molar refractivity (Wildman–Crippen MR) is 75.2 cm³/mol. The molecule has 92 valence electrons. The molecule has 0 aliphatic rings. The molecule has 0 fully saturated rings. The Labute approximate surface area is 114 Å². The van der Waals surface area contributed by atoms with E-state index in [-0.39, 0.29) is 0 Å². The van der Waals surface area contributed by atoms with Gasteiger partial charge in [-0.15, -0.1) is 11.3 Å². The first-order chi connectivity index (χ1) is 8.08. The molecule has 2 heterocycles. The van der Waals surface area contributed by atoms with Crippen LogP contribution in [0, 0.1) is 6.92 Å². The van der Waals surface area contributed by atoms with Crippen LogP contribution in [0.15, 0.2) is 22.1 Å². The van der Waals surface area contributed by atoms with E-state index in [0.717, 1.165) is 12.2 Å². The molecule has 0 saturated heterocycles. The lowest BCUT2D eigenvalue weighted by atomic mass is 10.2. The Kier molecular flexibility index (Phi) is 4.01. The number of nitrogens with zero attached hydrogens (tertiary/aromatic N) is 2. The van der Waals surface area contributed by atoms with Gasteiger partial charge in [0.25, 0.3) is 0 Å². The Morgan fingerprint density at radius 3 is 2.88 bits per heavy atom. The summed E-state index contributed by atoms with van der Waals surface area (Å²) in [5.41, 5.74) is 2.35. The van der Waals surface area contributed by atoms with Gasteiger partial charge in [-0.05, 0) is 41.2 Å². The third-order valence-corrected chi connectivity index (χ3v) is 4.81. The van der Waals surface area contributed by atoms with Gasteiger partial charge >= 0.3 is 0 Å². The molecule has 3 nitrogen and oxygen atoms in total. The molecule has 0 radical (unpaired) electrons. The fraction of sp³-hybridized carbons (Fsp3) is 0.417. The van der Waals surface area contributed by atoms with Crippen LogP contribution in [0.25, 0.3) is 0 Å². The van der Waals surface area contributed by atoms with Gasteiger partial charge < -0.3 is 5.32 Å². The van der Waals surface area contributed by atoms with Crippen molar-refractivity contribution in [3.05, 3.63) is 38.3 Å². The summed E-state index contributed by atoms with van der Waals surface area (Å²) in [6.45, 7) is 5.08. The van der Waals surface area contributed by atoms with Crippen LogP contribution in [0.3, 0.4) is 0 Å². The minimum Gasteiger partial charge on any atom is -0.305 e. The van der Waals surface area contributed by atoms with Crippen molar-refractivity contribution < 1.29 is 0 Å². The van der Waals surface area contributed by atoms with Gasteiger partial charge in [0.2, 0.25) is 0 Å². The van der Waals surface area contributed by atoms with Gasteiger partial charge in [-0.2, -0.15) is 5.10 Å². The first-order valence-electron chi connectivity index (χ1n) is 5.53. The summed E-state index contributed by atoms with van der Waals surface area (Å²) in [6, 6.07) is 2.44. The van der Waals surface area contributed by atoms with E-state index in [2.05, 4.69) is 50.9 Å². The average Bonchev–Trinajstić information content (AvgIpc) is 2.81. The lowest BCUT2D eigenvalue weighted by Gasteiger charge is -2.12. The number of thiophene rings is 1. The second-order valence-electron chi connectivity index (χ2n) is 4.15. The summed E-state index contributed by atoms with van der Waals surface area (Å²) in [5, 5.41) is 9.97. The molecular weight excluding hydrogens is 298 g/mol. The quantitative estimate of drug-likeness (QED) is 0.937.